The molecule has 1 aromatic carbocycles. The van der Waals surface area contributed by atoms with Crippen molar-refractivity contribution in [2.45, 2.75) is 25.9 Å². The van der Waals surface area contributed by atoms with Gasteiger partial charge in [-0.1, -0.05) is 28.9 Å². The van der Waals surface area contributed by atoms with E-state index >= 15 is 0 Å². The highest BCUT2D eigenvalue weighted by Gasteiger charge is 2.45. The Hall–Kier alpha value is -3.23. The molecule has 4 aromatic rings. The van der Waals surface area contributed by atoms with E-state index in [0.29, 0.717) is 22.5 Å². The smallest absolute Gasteiger partial charge is 0.262 e. The maximum atomic E-state index is 13.9. The van der Waals surface area contributed by atoms with Gasteiger partial charge in [0.15, 0.2) is 5.65 Å². The number of likely N-dealkylation sites (N-methyl/N-ethyl adjacent to an activating group) is 1. The number of rotatable bonds is 3. The number of pyridine rings is 1. The van der Waals surface area contributed by atoms with Gasteiger partial charge in [-0.3, -0.25) is 9.69 Å². The van der Waals surface area contributed by atoms with Gasteiger partial charge in [-0.2, -0.15) is 0 Å². The number of hydrogen-bond acceptors (Lipinski definition) is 5. The number of fused-ring (bicyclic) bond motifs is 2. The number of amides is 1. The Morgan fingerprint density at radius 2 is 1.79 bits per heavy atom. The van der Waals surface area contributed by atoms with E-state index in [1.165, 1.54) is 0 Å². The van der Waals surface area contributed by atoms with E-state index in [2.05, 4.69) is 33.0 Å². The summed E-state index contributed by atoms with van der Waals surface area (Å²) in [6.07, 6.45) is 2.13. The van der Waals surface area contributed by atoms with Gasteiger partial charge in [0.05, 0.1) is 17.3 Å². The lowest BCUT2D eigenvalue weighted by atomic mass is 10.0. The molecule has 5 heterocycles. The SMILES string of the molecule is Cc1cn(C2CN(C)C2)c2c1C(=O)N(c1cc(C)c3nnn(C)c3n1)C2c1ccc(Cl)cc1. The number of nitrogens with zero attached hydrogens (tertiary/aromatic N) is 7. The number of likely N-dealkylation sites (tertiary alicyclic amines) is 1. The summed E-state index contributed by atoms with van der Waals surface area (Å²) >= 11 is 6.20. The fraction of sp³-hybridized carbons (Fsp3) is 0.333. The summed E-state index contributed by atoms with van der Waals surface area (Å²) in [5, 5.41) is 9.00. The molecule has 9 heteroatoms. The van der Waals surface area contributed by atoms with Crippen LogP contribution in [0.5, 0.6) is 0 Å². The van der Waals surface area contributed by atoms with E-state index in [0.717, 1.165) is 46.6 Å². The predicted molar refractivity (Wildman–Crippen MR) is 127 cm³/mol. The Morgan fingerprint density at radius 3 is 2.48 bits per heavy atom. The molecular formula is C24H24ClN7O. The third-order valence-electron chi connectivity index (χ3n) is 6.82. The third-order valence-corrected chi connectivity index (χ3v) is 7.07. The van der Waals surface area contributed by atoms with Crippen molar-refractivity contribution in [2.75, 3.05) is 25.0 Å². The Labute approximate surface area is 196 Å². The predicted octanol–water partition coefficient (Wildman–Crippen LogP) is 3.67. The molecule has 1 atom stereocenters. The van der Waals surface area contributed by atoms with Crippen molar-refractivity contribution in [1.29, 1.82) is 0 Å². The second-order valence-corrected chi connectivity index (χ2v) is 9.60. The molecule has 33 heavy (non-hydrogen) atoms. The first-order chi connectivity index (χ1) is 15.8. The van der Waals surface area contributed by atoms with Crippen LogP contribution in [0.25, 0.3) is 11.2 Å². The molecule has 8 nitrogen and oxygen atoms in total. The Balaban J connectivity index is 1.57. The molecule has 0 aliphatic carbocycles. The first-order valence-corrected chi connectivity index (χ1v) is 11.4. The van der Waals surface area contributed by atoms with Crippen molar-refractivity contribution in [3.8, 4) is 0 Å². The number of aromatic nitrogens is 5. The van der Waals surface area contributed by atoms with Crippen LogP contribution in [0.2, 0.25) is 5.02 Å². The average Bonchev–Trinajstić information content (AvgIpc) is 3.39. The minimum atomic E-state index is -0.296. The number of benzene rings is 1. The quantitative estimate of drug-likeness (QED) is 0.465. The van der Waals surface area contributed by atoms with E-state index in [9.17, 15) is 4.79 Å². The molecule has 0 radical (unpaired) electrons. The fourth-order valence-electron chi connectivity index (χ4n) is 5.18. The molecule has 1 amide bonds. The molecular weight excluding hydrogens is 438 g/mol. The van der Waals surface area contributed by atoms with E-state index in [4.69, 9.17) is 16.6 Å². The van der Waals surface area contributed by atoms with E-state index in [-0.39, 0.29) is 11.9 Å². The van der Waals surface area contributed by atoms with Crippen molar-refractivity contribution >= 4 is 34.5 Å². The molecule has 2 aliphatic heterocycles. The normalized spacial score (nSPS) is 18.9. The van der Waals surface area contributed by atoms with E-state index in [1.54, 1.807) is 4.68 Å². The Bertz CT molecular complexity index is 1420. The zero-order valence-electron chi connectivity index (χ0n) is 18.9. The molecule has 0 spiro atoms. The second kappa shape index (κ2) is 7.13. The summed E-state index contributed by atoms with van der Waals surface area (Å²) in [7, 11) is 3.93. The Morgan fingerprint density at radius 1 is 1.06 bits per heavy atom. The van der Waals surface area contributed by atoms with Crippen LogP contribution in [0.3, 0.4) is 0 Å². The van der Waals surface area contributed by atoms with Crippen LogP contribution >= 0.6 is 11.6 Å². The maximum absolute atomic E-state index is 13.9. The zero-order valence-corrected chi connectivity index (χ0v) is 19.7. The molecule has 6 rings (SSSR count). The monoisotopic (exact) mass is 461 g/mol. The maximum Gasteiger partial charge on any atom is 0.262 e. The first kappa shape index (κ1) is 20.4. The molecule has 1 fully saturated rings. The number of hydrogen-bond donors (Lipinski definition) is 0. The molecule has 2 aliphatic rings. The summed E-state index contributed by atoms with van der Waals surface area (Å²) in [6.45, 7) is 5.92. The second-order valence-electron chi connectivity index (χ2n) is 9.17. The molecule has 1 unspecified atom stereocenters. The number of carbonyl (C=O) groups is 1. The van der Waals surface area contributed by atoms with Gasteiger partial charge in [-0.25, -0.2) is 9.67 Å². The van der Waals surface area contributed by atoms with Gasteiger partial charge in [-0.05, 0) is 55.8 Å². The molecule has 168 valence electrons. The van der Waals surface area contributed by atoms with Gasteiger partial charge < -0.3 is 9.47 Å². The van der Waals surface area contributed by atoms with E-state index < -0.39 is 0 Å². The largest absolute Gasteiger partial charge is 0.343 e. The molecule has 0 saturated carbocycles. The molecule has 1 saturated heterocycles. The summed E-state index contributed by atoms with van der Waals surface area (Å²) < 4.78 is 3.95. The van der Waals surface area contributed by atoms with Crippen LogP contribution in [-0.2, 0) is 7.05 Å². The zero-order chi connectivity index (χ0) is 23.0. The average molecular weight is 462 g/mol. The minimum Gasteiger partial charge on any atom is -0.343 e. The topological polar surface area (TPSA) is 72.1 Å². The number of halogens is 1. The lowest BCUT2D eigenvalue weighted by Crippen LogP contribution is -2.45. The lowest BCUT2D eigenvalue weighted by molar-refractivity contribution is 0.0992. The molecule has 0 N–H and O–H groups in total. The highest BCUT2D eigenvalue weighted by molar-refractivity contribution is 6.30. The lowest BCUT2D eigenvalue weighted by Gasteiger charge is -2.39. The minimum absolute atomic E-state index is 0.0322. The molecule has 3 aromatic heterocycles. The van der Waals surface area contributed by atoms with Gasteiger partial charge in [0.25, 0.3) is 5.91 Å². The highest BCUT2D eigenvalue weighted by atomic mass is 35.5. The van der Waals surface area contributed by atoms with Gasteiger partial charge in [0, 0.05) is 31.4 Å². The van der Waals surface area contributed by atoms with Crippen LogP contribution in [0.15, 0.2) is 36.5 Å². The fourth-order valence-corrected chi connectivity index (χ4v) is 5.31. The van der Waals surface area contributed by atoms with E-state index in [1.807, 2.05) is 56.1 Å². The number of carbonyl (C=O) groups excluding carboxylic acids is 1. The van der Waals surface area contributed by atoms with Crippen LogP contribution in [0.1, 0.15) is 44.8 Å². The van der Waals surface area contributed by atoms with Crippen LogP contribution in [0, 0.1) is 13.8 Å². The van der Waals surface area contributed by atoms with Crippen molar-refractivity contribution in [3.63, 3.8) is 0 Å². The number of aryl methyl sites for hydroxylation is 3. The van der Waals surface area contributed by atoms with Crippen LogP contribution in [-0.4, -0.2) is 55.5 Å². The summed E-state index contributed by atoms with van der Waals surface area (Å²) in [5.41, 5.74) is 6.12. The van der Waals surface area contributed by atoms with Crippen LogP contribution < -0.4 is 4.90 Å². The standard InChI is InChI=1S/C24H24ClN7O/c1-13-9-18(26-23-20(13)27-28-30(23)4)32-21(15-5-7-16(25)8-6-15)22-19(24(32)33)14(2)10-31(22)17-11-29(3)12-17/h5-10,17,21H,11-12H2,1-4H3. The van der Waals surface area contributed by atoms with Gasteiger partial charge >= 0.3 is 0 Å². The van der Waals surface area contributed by atoms with Crippen molar-refractivity contribution in [2.24, 2.45) is 7.05 Å². The van der Waals surface area contributed by atoms with Gasteiger partial charge in [-0.15, -0.1) is 5.10 Å². The summed E-state index contributed by atoms with van der Waals surface area (Å²) in [6, 6.07) is 9.73. The van der Waals surface area contributed by atoms with Crippen molar-refractivity contribution in [1.82, 2.24) is 29.4 Å². The van der Waals surface area contributed by atoms with Gasteiger partial charge in [0.1, 0.15) is 17.4 Å². The van der Waals surface area contributed by atoms with Crippen LogP contribution in [0.4, 0.5) is 5.82 Å². The summed E-state index contributed by atoms with van der Waals surface area (Å²) in [4.78, 5) is 22.9. The van der Waals surface area contributed by atoms with Gasteiger partial charge in [0.2, 0.25) is 0 Å². The summed E-state index contributed by atoms with van der Waals surface area (Å²) in [5.74, 6) is 0.568. The Kier molecular flexibility index (Phi) is 4.41. The molecule has 0 bridgehead atoms. The van der Waals surface area contributed by atoms with Crippen molar-refractivity contribution in [3.05, 3.63) is 69.5 Å². The number of anilines is 1. The van der Waals surface area contributed by atoms with Crippen molar-refractivity contribution < 1.29 is 4.79 Å². The highest BCUT2D eigenvalue weighted by Crippen LogP contribution is 2.45. The third kappa shape index (κ3) is 2.94. The first-order valence-electron chi connectivity index (χ1n) is 11.0.